The first-order valence-electron chi connectivity index (χ1n) is 7.51. The van der Waals surface area contributed by atoms with Crippen LogP contribution in [0.5, 0.6) is 0 Å². The van der Waals surface area contributed by atoms with Crippen molar-refractivity contribution in [3.63, 3.8) is 0 Å². The minimum atomic E-state index is -4.17. The van der Waals surface area contributed by atoms with Gasteiger partial charge in [0.2, 0.25) is 0 Å². The quantitative estimate of drug-likeness (QED) is 0.481. The lowest BCUT2D eigenvalue weighted by Gasteiger charge is -2.38. The molecule has 0 amide bonds. The summed E-state index contributed by atoms with van der Waals surface area (Å²) in [6.07, 6.45) is 0.0723. The first-order chi connectivity index (χ1) is 10.3. The summed E-state index contributed by atoms with van der Waals surface area (Å²) in [4.78, 5) is 0. The summed E-state index contributed by atoms with van der Waals surface area (Å²) in [5.74, 6) is 0. The van der Waals surface area contributed by atoms with E-state index in [1.807, 2.05) is 0 Å². The van der Waals surface area contributed by atoms with E-state index >= 15 is 0 Å². The molecule has 0 rings (SSSR count). The average molecular weight is 361 g/mol. The average Bonchev–Trinajstić information content (AvgIpc) is 2.45. The second kappa shape index (κ2) is 10.2. The molecule has 0 unspecified atom stereocenters. The largest absolute Gasteiger partial charge is 0.374 e. The Labute approximate surface area is 132 Å². The Balaban J connectivity index is 5.97. The Bertz CT molecular complexity index is 355. The zero-order valence-electron chi connectivity index (χ0n) is 13.8. The summed E-state index contributed by atoms with van der Waals surface area (Å²) in [5.41, 5.74) is 5.46. The molecule has 0 saturated heterocycles. The van der Waals surface area contributed by atoms with Crippen LogP contribution in [0.1, 0.15) is 40.5 Å². The van der Waals surface area contributed by atoms with Gasteiger partial charge in [0, 0.05) is 6.42 Å². The van der Waals surface area contributed by atoms with Crippen molar-refractivity contribution in [2.45, 2.75) is 45.6 Å². The van der Waals surface area contributed by atoms with E-state index in [-0.39, 0.29) is 45.8 Å². The van der Waals surface area contributed by atoms with Gasteiger partial charge in [0.15, 0.2) is 0 Å². The fourth-order valence-electron chi connectivity index (χ4n) is 1.93. The molecule has 0 atom stereocenters. The highest BCUT2D eigenvalue weighted by atomic mass is 31.2. The Morgan fingerprint density at radius 1 is 0.864 bits per heavy atom. The summed E-state index contributed by atoms with van der Waals surface area (Å²) in [6, 6.07) is 0. The molecule has 3 N–H and O–H groups in total. The lowest BCUT2D eigenvalue weighted by molar-refractivity contribution is 0.0767. The zero-order chi connectivity index (χ0) is 17.3. The highest BCUT2D eigenvalue weighted by Crippen LogP contribution is 2.77. The summed E-state index contributed by atoms with van der Waals surface area (Å²) < 4.78 is 46.9. The van der Waals surface area contributed by atoms with Gasteiger partial charge >= 0.3 is 15.2 Å². The van der Waals surface area contributed by atoms with Crippen LogP contribution in [0.3, 0.4) is 0 Å². The van der Waals surface area contributed by atoms with Crippen molar-refractivity contribution in [1.82, 2.24) is 0 Å². The van der Waals surface area contributed by atoms with Crippen LogP contribution in [0.25, 0.3) is 0 Å². The predicted octanol–water partition coefficient (Wildman–Crippen LogP) is 2.90. The lowest BCUT2D eigenvalue weighted by atomic mass is 10.3. The van der Waals surface area contributed by atoms with Crippen LogP contribution < -0.4 is 5.73 Å². The molecule has 0 aliphatic heterocycles. The molecule has 0 aromatic rings. The van der Waals surface area contributed by atoms with Crippen molar-refractivity contribution in [1.29, 1.82) is 0 Å². The van der Waals surface area contributed by atoms with Crippen molar-refractivity contribution < 1.29 is 32.3 Å². The summed E-state index contributed by atoms with van der Waals surface area (Å²) >= 11 is 0. The van der Waals surface area contributed by atoms with E-state index in [9.17, 15) is 14.2 Å². The van der Waals surface area contributed by atoms with Crippen LogP contribution >= 0.6 is 15.2 Å². The van der Waals surface area contributed by atoms with Gasteiger partial charge in [-0.1, -0.05) is 0 Å². The van der Waals surface area contributed by atoms with Gasteiger partial charge in [-0.2, -0.15) is 0 Å². The molecule has 0 fully saturated rings. The molecule has 10 heteroatoms. The Hall–Kier alpha value is 0.220. The van der Waals surface area contributed by atoms with Gasteiger partial charge < -0.3 is 28.9 Å². The lowest BCUT2D eigenvalue weighted by Crippen LogP contribution is -2.33. The highest BCUT2D eigenvalue weighted by Gasteiger charge is 2.64. The summed E-state index contributed by atoms with van der Waals surface area (Å²) in [5, 5.41) is 8.63. The van der Waals surface area contributed by atoms with Crippen molar-refractivity contribution in [3.8, 4) is 0 Å². The maximum absolute atomic E-state index is 13.1. The molecule has 22 heavy (non-hydrogen) atoms. The number of hydrogen-bond acceptors (Lipinski definition) is 8. The van der Waals surface area contributed by atoms with Gasteiger partial charge in [0.1, 0.15) is 0 Å². The molecule has 0 heterocycles. The van der Waals surface area contributed by atoms with E-state index < -0.39 is 20.3 Å². The minimum absolute atomic E-state index is 0.0143. The van der Waals surface area contributed by atoms with Gasteiger partial charge in [0.25, 0.3) is 5.08 Å². The van der Waals surface area contributed by atoms with Gasteiger partial charge in [-0.15, -0.1) is 0 Å². The number of rotatable bonds is 13. The third-order valence-corrected chi connectivity index (χ3v) is 8.85. The molecule has 0 aromatic carbocycles. The Morgan fingerprint density at radius 3 is 1.41 bits per heavy atom. The molecule has 0 spiro atoms. The van der Waals surface area contributed by atoms with Crippen LogP contribution in [0.2, 0.25) is 0 Å². The topological polar surface area (TPSA) is 117 Å². The Morgan fingerprint density at radius 2 is 1.18 bits per heavy atom. The molecule has 0 bridgehead atoms. The smallest absolute Gasteiger partial charge is 0.368 e. The Kier molecular flexibility index (Phi) is 10.3. The van der Waals surface area contributed by atoms with E-state index in [2.05, 4.69) is 0 Å². The monoisotopic (exact) mass is 361 g/mol. The van der Waals surface area contributed by atoms with Crippen LogP contribution in [0, 0.1) is 0 Å². The predicted molar refractivity (Wildman–Crippen MR) is 85.0 cm³/mol. The van der Waals surface area contributed by atoms with Gasteiger partial charge in [-0.05, 0) is 40.7 Å². The molecule has 134 valence electrons. The van der Waals surface area contributed by atoms with E-state index in [1.54, 1.807) is 27.7 Å². The number of nitrogens with two attached hydrogens (primary N) is 1. The molecule has 0 aromatic heterocycles. The fraction of sp³-hybridized carbons (Fsp3) is 1.00. The van der Waals surface area contributed by atoms with Gasteiger partial charge in [-0.25, -0.2) is 0 Å². The standard InChI is InChI=1S/C12H29NO7P2/c1-5-17-21(15,18-6-2)12(14,10-9-11-13)22(16,19-7-3)20-8-4/h14H,5-11,13H2,1-4H3. The van der Waals surface area contributed by atoms with Crippen LogP contribution in [-0.4, -0.2) is 43.2 Å². The third-order valence-electron chi connectivity index (χ3n) is 2.79. The zero-order valence-corrected chi connectivity index (χ0v) is 15.6. The number of aliphatic hydroxyl groups is 1. The van der Waals surface area contributed by atoms with Gasteiger partial charge in [-0.3, -0.25) is 9.13 Å². The van der Waals surface area contributed by atoms with Crippen LogP contribution in [-0.2, 0) is 27.2 Å². The number of hydrogen-bond donors (Lipinski definition) is 2. The normalized spacial score (nSPS) is 13.5. The molecular weight excluding hydrogens is 332 g/mol. The molecule has 0 radical (unpaired) electrons. The van der Waals surface area contributed by atoms with E-state index in [0.29, 0.717) is 0 Å². The van der Waals surface area contributed by atoms with Crippen molar-refractivity contribution in [3.05, 3.63) is 0 Å². The fourth-order valence-corrected chi connectivity index (χ4v) is 7.02. The van der Waals surface area contributed by atoms with E-state index in [0.717, 1.165) is 0 Å². The van der Waals surface area contributed by atoms with Crippen LogP contribution in [0.15, 0.2) is 0 Å². The second-order valence-electron chi connectivity index (χ2n) is 4.33. The minimum Gasteiger partial charge on any atom is -0.368 e. The van der Waals surface area contributed by atoms with E-state index in [1.165, 1.54) is 0 Å². The SMILES string of the molecule is CCOP(=O)(OCC)C(O)(CCCN)P(=O)(OCC)OCC. The van der Waals surface area contributed by atoms with Crippen LogP contribution in [0.4, 0.5) is 0 Å². The molecule has 0 aliphatic rings. The van der Waals surface area contributed by atoms with Gasteiger partial charge in [0.05, 0.1) is 26.4 Å². The van der Waals surface area contributed by atoms with Crippen molar-refractivity contribution in [2.75, 3.05) is 33.0 Å². The highest BCUT2D eigenvalue weighted by molar-refractivity contribution is 7.73. The molecular formula is C12H29NO7P2. The third kappa shape index (κ3) is 4.86. The molecule has 8 nitrogen and oxygen atoms in total. The van der Waals surface area contributed by atoms with Crippen molar-refractivity contribution >= 4 is 15.2 Å². The summed E-state index contributed by atoms with van der Waals surface area (Å²) in [7, 11) is -8.33. The molecule has 0 aliphatic carbocycles. The molecule has 0 saturated carbocycles. The second-order valence-corrected chi connectivity index (χ2v) is 9.19. The first kappa shape index (κ1) is 22.2. The maximum Gasteiger partial charge on any atom is 0.374 e. The summed E-state index contributed by atoms with van der Waals surface area (Å²) in [6.45, 7) is 6.66. The maximum atomic E-state index is 13.1. The van der Waals surface area contributed by atoms with E-state index in [4.69, 9.17) is 23.8 Å². The first-order valence-corrected chi connectivity index (χ1v) is 10.6. The van der Waals surface area contributed by atoms with Crippen molar-refractivity contribution in [2.24, 2.45) is 5.73 Å².